The lowest BCUT2D eigenvalue weighted by Crippen LogP contribution is -2.12. The maximum atomic E-state index is 6.59. The molecule has 0 fully saturated rings. The summed E-state index contributed by atoms with van der Waals surface area (Å²) in [5.41, 5.74) is 6.37. The van der Waals surface area contributed by atoms with Crippen LogP contribution in [-0.4, -0.2) is 15.0 Å². The van der Waals surface area contributed by atoms with Crippen LogP contribution in [0.5, 0.6) is 0 Å². The number of H-pyrrole nitrogens is 1. The van der Waals surface area contributed by atoms with Crippen LogP contribution in [0.1, 0.15) is 22.7 Å². The number of pyridine rings is 2. The van der Waals surface area contributed by atoms with Gasteiger partial charge in [-0.05, 0) is 47.9 Å². The van der Waals surface area contributed by atoms with Crippen LogP contribution < -0.4 is 5.32 Å². The van der Waals surface area contributed by atoms with Crippen molar-refractivity contribution < 1.29 is 0 Å². The van der Waals surface area contributed by atoms with Gasteiger partial charge in [0.25, 0.3) is 0 Å². The SMILES string of the molecule is Cc1ccc(C2Nc3ncccc3-c3ccnc4[nH]cc2c34)c(Cl)c1. The second kappa shape index (κ2) is 5.33. The minimum Gasteiger partial charge on any atom is -0.359 e. The molecule has 1 aliphatic heterocycles. The number of aromatic nitrogens is 3. The maximum absolute atomic E-state index is 6.59. The maximum Gasteiger partial charge on any atom is 0.138 e. The molecule has 2 N–H and O–H groups in total. The summed E-state index contributed by atoms with van der Waals surface area (Å²) in [7, 11) is 0. The number of anilines is 1. The monoisotopic (exact) mass is 346 g/mol. The zero-order valence-electron chi connectivity index (χ0n) is 13.5. The van der Waals surface area contributed by atoms with Gasteiger partial charge in [0.2, 0.25) is 0 Å². The van der Waals surface area contributed by atoms with E-state index in [1.807, 2.05) is 37.5 Å². The van der Waals surface area contributed by atoms with Crippen molar-refractivity contribution in [3.05, 3.63) is 76.7 Å². The van der Waals surface area contributed by atoms with Crippen molar-refractivity contribution in [2.75, 3.05) is 5.32 Å². The Labute approximate surface area is 149 Å². The van der Waals surface area contributed by atoms with Crippen molar-refractivity contribution >= 4 is 28.5 Å². The summed E-state index contributed by atoms with van der Waals surface area (Å²) in [5.74, 6) is 0.854. The summed E-state index contributed by atoms with van der Waals surface area (Å²) in [6.07, 6.45) is 5.65. The highest BCUT2D eigenvalue weighted by molar-refractivity contribution is 6.31. The molecule has 1 aliphatic rings. The van der Waals surface area contributed by atoms with Gasteiger partial charge in [-0.15, -0.1) is 0 Å². The van der Waals surface area contributed by atoms with Gasteiger partial charge in [0.1, 0.15) is 11.5 Å². The Morgan fingerprint density at radius 2 is 1.92 bits per heavy atom. The molecule has 3 aromatic heterocycles. The number of hydrogen-bond donors (Lipinski definition) is 2. The van der Waals surface area contributed by atoms with E-state index < -0.39 is 0 Å². The lowest BCUT2D eigenvalue weighted by Gasteiger charge is -2.20. The quantitative estimate of drug-likeness (QED) is 0.504. The van der Waals surface area contributed by atoms with Crippen molar-refractivity contribution in [1.82, 2.24) is 15.0 Å². The number of benzene rings is 1. The molecule has 0 amide bonds. The minimum absolute atomic E-state index is 0.0963. The Balaban J connectivity index is 1.85. The van der Waals surface area contributed by atoms with Crippen LogP contribution >= 0.6 is 11.6 Å². The summed E-state index contributed by atoms with van der Waals surface area (Å²) in [5, 5.41) is 5.45. The van der Waals surface area contributed by atoms with Crippen molar-refractivity contribution in [2.45, 2.75) is 13.0 Å². The third kappa shape index (κ3) is 2.14. The number of aryl methyl sites for hydroxylation is 1. The highest BCUT2D eigenvalue weighted by Crippen LogP contribution is 2.43. The van der Waals surface area contributed by atoms with Gasteiger partial charge in [-0.3, -0.25) is 0 Å². The van der Waals surface area contributed by atoms with E-state index >= 15 is 0 Å². The predicted octanol–water partition coefficient (Wildman–Crippen LogP) is 5.10. The van der Waals surface area contributed by atoms with Crippen LogP contribution in [0.25, 0.3) is 22.2 Å². The fraction of sp³-hybridized carbons (Fsp3) is 0.100. The predicted molar refractivity (Wildman–Crippen MR) is 101 cm³/mol. The first kappa shape index (κ1) is 14.5. The molecule has 4 heterocycles. The molecule has 0 saturated heterocycles. The molecule has 4 aromatic rings. The standard InChI is InChI=1S/C20H15ClN4/c1-11-4-5-14(16(21)9-11)18-15-10-24-20-17(15)12(6-8-23-20)13-3-2-7-22-19(13)25-18/h2-10,18H,1H3,(H,22,25)(H,23,24). The van der Waals surface area contributed by atoms with E-state index in [1.165, 1.54) is 0 Å². The molecule has 122 valence electrons. The number of hydrogen-bond acceptors (Lipinski definition) is 3. The first-order chi connectivity index (χ1) is 12.2. The minimum atomic E-state index is -0.0963. The van der Waals surface area contributed by atoms with Crippen molar-refractivity contribution in [3.8, 4) is 11.1 Å². The molecule has 5 heteroatoms. The first-order valence-electron chi connectivity index (χ1n) is 8.16. The van der Waals surface area contributed by atoms with Gasteiger partial charge in [-0.1, -0.05) is 23.7 Å². The lowest BCUT2D eigenvalue weighted by atomic mass is 9.96. The molecule has 1 unspecified atom stereocenters. The number of rotatable bonds is 1. The van der Waals surface area contributed by atoms with Gasteiger partial charge in [0, 0.05) is 40.1 Å². The van der Waals surface area contributed by atoms with Crippen molar-refractivity contribution in [1.29, 1.82) is 0 Å². The Morgan fingerprint density at radius 3 is 2.80 bits per heavy atom. The molecule has 0 radical (unpaired) electrons. The average molecular weight is 347 g/mol. The lowest BCUT2D eigenvalue weighted by molar-refractivity contribution is 0.939. The van der Waals surface area contributed by atoms with Gasteiger partial charge < -0.3 is 10.3 Å². The zero-order chi connectivity index (χ0) is 17.0. The molecule has 1 atom stereocenters. The van der Waals surface area contributed by atoms with Gasteiger partial charge in [-0.25, -0.2) is 9.97 Å². The Hall–Kier alpha value is -2.85. The van der Waals surface area contributed by atoms with E-state index in [2.05, 4.69) is 38.5 Å². The highest BCUT2D eigenvalue weighted by Gasteiger charge is 2.27. The summed E-state index contributed by atoms with van der Waals surface area (Å²) in [4.78, 5) is 12.3. The van der Waals surface area contributed by atoms with Crippen LogP contribution in [0.4, 0.5) is 5.82 Å². The normalized spacial score (nSPS) is 15.5. The number of nitrogens with one attached hydrogen (secondary N) is 2. The molecular formula is C20H15ClN4. The summed E-state index contributed by atoms with van der Waals surface area (Å²) >= 11 is 6.59. The second-order valence-electron chi connectivity index (χ2n) is 6.33. The van der Waals surface area contributed by atoms with Gasteiger partial charge in [0.05, 0.1) is 6.04 Å². The molecule has 1 aromatic carbocycles. The Bertz CT molecular complexity index is 1120. The number of aromatic amines is 1. The molecule has 0 aliphatic carbocycles. The van der Waals surface area contributed by atoms with Gasteiger partial charge in [0.15, 0.2) is 0 Å². The van der Waals surface area contributed by atoms with Crippen LogP contribution in [0, 0.1) is 6.92 Å². The average Bonchev–Trinajstić information content (AvgIpc) is 2.98. The molecule has 0 spiro atoms. The fourth-order valence-electron chi connectivity index (χ4n) is 3.60. The van der Waals surface area contributed by atoms with E-state index in [1.54, 1.807) is 6.20 Å². The third-order valence-electron chi connectivity index (χ3n) is 4.76. The molecule has 0 saturated carbocycles. The van der Waals surface area contributed by atoms with E-state index in [4.69, 9.17) is 11.6 Å². The first-order valence-corrected chi connectivity index (χ1v) is 8.54. The fourth-order valence-corrected chi connectivity index (χ4v) is 3.94. The summed E-state index contributed by atoms with van der Waals surface area (Å²) < 4.78 is 0. The van der Waals surface area contributed by atoms with E-state index in [0.717, 1.165) is 49.7 Å². The van der Waals surface area contributed by atoms with Crippen LogP contribution in [0.15, 0.2) is 55.0 Å². The number of fused-ring (bicyclic) bond motifs is 2. The largest absolute Gasteiger partial charge is 0.359 e. The molecular weight excluding hydrogens is 332 g/mol. The second-order valence-corrected chi connectivity index (χ2v) is 6.74. The van der Waals surface area contributed by atoms with Gasteiger partial charge in [-0.2, -0.15) is 0 Å². The molecule has 5 rings (SSSR count). The van der Waals surface area contributed by atoms with E-state index in [9.17, 15) is 0 Å². The summed E-state index contributed by atoms with van der Waals surface area (Å²) in [6, 6.07) is 12.1. The van der Waals surface area contributed by atoms with Crippen LogP contribution in [0.3, 0.4) is 0 Å². The van der Waals surface area contributed by atoms with Crippen LogP contribution in [-0.2, 0) is 0 Å². The van der Waals surface area contributed by atoms with E-state index in [0.29, 0.717) is 0 Å². The van der Waals surface area contributed by atoms with Crippen LogP contribution in [0.2, 0.25) is 5.02 Å². The van der Waals surface area contributed by atoms with Crippen molar-refractivity contribution in [3.63, 3.8) is 0 Å². The molecule has 4 nitrogen and oxygen atoms in total. The topological polar surface area (TPSA) is 53.6 Å². The Morgan fingerprint density at radius 1 is 1.00 bits per heavy atom. The number of nitrogens with zero attached hydrogens (tertiary/aromatic N) is 2. The van der Waals surface area contributed by atoms with Gasteiger partial charge >= 0.3 is 0 Å². The zero-order valence-corrected chi connectivity index (χ0v) is 14.3. The van der Waals surface area contributed by atoms with Crippen molar-refractivity contribution in [2.24, 2.45) is 0 Å². The Kier molecular flexibility index (Phi) is 3.09. The molecule has 25 heavy (non-hydrogen) atoms. The van der Waals surface area contributed by atoms with E-state index in [-0.39, 0.29) is 6.04 Å². The molecule has 0 bridgehead atoms. The highest BCUT2D eigenvalue weighted by atomic mass is 35.5. The number of halogens is 1. The third-order valence-corrected chi connectivity index (χ3v) is 5.09. The smallest absolute Gasteiger partial charge is 0.138 e. The summed E-state index contributed by atoms with van der Waals surface area (Å²) in [6.45, 7) is 2.04.